The van der Waals surface area contributed by atoms with Crippen molar-refractivity contribution in [3.05, 3.63) is 59.7 Å². The van der Waals surface area contributed by atoms with Gasteiger partial charge in [0.1, 0.15) is 12.4 Å². The van der Waals surface area contributed by atoms with Crippen molar-refractivity contribution in [1.29, 1.82) is 0 Å². The highest BCUT2D eigenvalue weighted by atomic mass is 16.5. The van der Waals surface area contributed by atoms with E-state index < -0.39 is 0 Å². The second-order valence-corrected chi connectivity index (χ2v) is 5.18. The molecule has 3 rings (SSSR count). The minimum absolute atomic E-state index is 0.0488. The Bertz CT molecular complexity index is 710. The smallest absolute Gasteiger partial charge is 0.227 e. The predicted molar refractivity (Wildman–Crippen MR) is 84.2 cm³/mol. The number of ketones is 1. The van der Waals surface area contributed by atoms with Crippen LogP contribution in [0.25, 0.3) is 0 Å². The SMILES string of the molecule is CCC(=O)N1CC(=O)c2c(OCc3ccccc3)cccc21. The first-order valence-electron chi connectivity index (χ1n) is 7.34. The van der Waals surface area contributed by atoms with Crippen LogP contribution in [0.4, 0.5) is 5.69 Å². The number of rotatable bonds is 4. The maximum absolute atomic E-state index is 12.3. The summed E-state index contributed by atoms with van der Waals surface area (Å²) in [6.45, 7) is 2.29. The molecule has 0 N–H and O–H groups in total. The average molecular weight is 295 g/mol. The number of fused-ring (bicyclic) bond motifs is 1. The van der Waals surface area contributed by atoms with Crippen molar-refractivity contribution in [2.75, 3.05) is 11.4 Å². The van der Waals surface area contributed by atoms with E-state index in [2.05, 4.69) is 0 Å². The minimum atomic E-state index is -0.0690. The number of Topliss-reactive ketones (excluding diaryl/α,β-unsaturated/α-hetero) is 1. The molecule has 22 heavy (non-hydrogen) atoms. The van der Waals surface area contributed by atoms with Crippen molar-refractivity contribution in [2.45, 2.75) is 20.0 Å². The highest BCUT2D eigenvalue weighted by Crippen LogP contribution is 2.35. The maximum atomic E-state index is 12.3. The van der Waals surface area contributed by atoms with Crippen LogP contribution in [0.3, 0.4) is 0 Å². The summed E-state index contributed by atoms with van der Waals surface area (Å²) >= 11 is 0. The van der Waals surface area contributed by atoms with E-state index in [-0.39, 0.29) is 18.2 Å². The lowest BCUT2D eigenvalue weighted by atomic mass is 10.1. The molecule has 1 aliphatic rings. The third kappa shape index (κ3) is 2.60. The summed E-state index contributed by atoms with van der Waals surface area (Å²) in [4.78, 5) is 25.7. The molecule has 0 fully saturated rings. The van der Waals surface area contributed by atoms with Crippen molar-refractivity contribution in [2.24, 2.45) is 0 Å². The topological polar surface area (TPSA) is 46.6 Å². The van der Waals surface area contributed by atoms with Crippen molar-refractivity contribution in [3.8, 4) is 5.75 Å². The van der Waals surface area contributed by atoms with Crippen LogP contribution in [0.2, 0.25) is 0 Å². The number of nitrogens with zero attached hydrogens (tertiary/aromatic N) is 1. The van der Waals surface area contributed by atoms with E-state index in [4.69, 9.17) is 4.74 Å². The standard InChI is InChI=1S/C18H17NO3/c1-2-17(21)19-11-15(20)18-14(19)9-6-10-16(18)22-12-13-7-4-3-5-8-13/h3-10H,2,11-12H2,1H3. The van der Waals surface area contributed by atoms with Gasteiger partial charge in [-0.1, -0.05) is 43.3 Å². The van der Waals surface area contributed by atoms with Crippen LogP contribution in [0.15, 0.2) is 48.5 Å². The van der Waals surface area contributed by atoms with Crippen LogP contribution in [0.1, 0.15) is 29.3 Å². The van der Waals surface area contributed by atoms with Gasteiger partial charge in [0.15, 0.2) is 5.78 Å². The molecule has 0 saturated carbocycles. The molecule has 0 spiro atoms. The van der Waals surface area contributed by atoms with Gasteiger partial charge in [-0.2, -0.15) is 0 Å². The first kappa shape index (κ1) is 14.3. The zero-order chi connectivity index (χ0) is 15.5. The maximum Gasteiger partial charge on any atom is 0.227 e. The van der Waals surface area contributed by atoms with E-state index in [1.807, 2.05) is 36.4 Å². The number of hydrogen-bond donors (Lipinski definition) is 0. The fraction of sp³-hybridized carbons (Fsp3) is 0.222. The zero-order valence-corrected chi connectivity index (χ0v) is 12.4. The Morgan fingerprint density at radius 2 is 1.91 bits per heavy atom. The summed E-state index contributed by atoms with van der Waals surface area (Å²) in [5.41, 5.74) is 2.20. The summed E-state index contributed by atoms with van der Waals surface area (Å²) in [5.74, 6) is 0.422. The van der Waals surface area contributed by atoms with E-state index in [1.54, 1.807) is 19.1 Å². The number of carbonyl (C=O) groups excluding carboxylic acids is 2. The largest absolute Gasteiger partial charge is 0.488 e. The van der Waals surface area contributed by atoms with Crippen LogP contribution >= 0.6 is 0 Å². The van der Waals surface area contributed by atoms with Gasteiger partial charge >= 0.3 is 0 Å². The molecule has 4 heteroatoms. The van der Waals surface area contributed by atoms with Gasteiger partial charge in [0.05, 0.1) is 17.8 Å². The molecule has 112 valence electrons. The summed E-state index contributed by atoms with van der Waals surface area (Å²) in [6.07, 6.45) is 0.377. The molecule has 0 aliphatic carbocycles. The molecular weight excluding hydrogens is 278 g/mol. The van der Waals surface area contributed by atoms with Gasteiger partial charge in [-0.25, -0.2) is 0 Å². The quantitative estimate of drug-likeness (QED) is 0.870. The molecule has 1 aliphatic heterocycles. The van der Waals surface area contributed by atoms with Gasteiger partial charge in [-0.15, -0.1) is 0 Å². The van der Waals surface area contributed by atoms with Gasteiger partial charge in [-0.3, -0.25) is 9.59 Å². The molecule has 1 heterocycles. The second kappa shape index (κ2) is 6.02. The van der Waals surface area contributed by atoms with Crippen LogP contribution in [-0.2, 0) is 11.4 Å². The van der Waals surface area contributed by atoms with Crippen LogP contribution in [0, 0.1) is 0 Å². The fourth-order valence-corrected chi connectivity index (χ4v) is 2.60. The number of amides is 1. The molecule has 1 amide bonds. The first-order chi connectivity index (χ1) is 10.7. The van der Waals surface area contributed by atoms with Crippen LogP contribution < -0.4 is 9.64 Å². The van der Waals surface area contributed by atoms with E-state index >= 15 is 0 Å². The molecule has 0 aromatic heterocycles. The van der Waals surface area contributed by atoms with Crippen molar-refractivity contribution in [3.63, 3.8) is 0 Å². The van der Waals surface area contributed by atoms with Crippen molar-refractivity contribution >= 4 is 17.4 Å². The Balaban J connectivity index is 1.87. The molecule has 0 atom stereocenters. The highest BCUT2D eigenvalue weighted by molar-refractivity contribution is 6.17. The Labute approximate surface area is 129 Å². The first-order valence-corrected chi connectivity index (χ1v) is 7.34. The van der Waals surface area contributed by atoms with Crippen molar-refractivity contribution < 1.29 is 14.3 Å². The average Bonchev–Trinajstić information content (AvgIpc) is 2.91. The Morgan fingerprint density at radius 1 is 1.14 bits per heavy atom. The number of hydrogen-bond acceptors (Lipinski definition) is 3. The summed E-state index contributed by atoms with van der Waals surface area (Å²) in [5, 5.41) is 0. The van der Waals surface area contributed by atoms with E-state index in [1.165, 1.54) is 4.90 Å². The van der Waals surface area contributed by atoms with E-state index in [0.717, 1.165) is 5.56 Å². The number of ether oxygens (including phenoxy) is 1. The second-order valence-electron chi connectivity index (χ2n) is 5.18. The molecular formula is C18H17NO3. The molecule has 0 saturated heterocycles. The minimum Gasteiger partial charge on any atom is -0.488 e. The third-order valence-corrected chi connectivity index (χ3v) is 3.72. The predicted octanol–water partition coefficient (Wildman–Crippen LogP) is 3.20. The zero-order valence-electron chi connectivity index (χ0n) is 12.4. The van der Waals surface area contributed by atoms with Crippen molar-refractivity contribution in [1.82, 2.24) is 0 Å². The van der Waals surface area contributed by atoms with Gasteiger partial charge in [0, 0.05) is 6.42 Å². The summed E-state index contributed by atoms with van der Waals surface area (Å²) in [7, 11) is 0. The van der Waals surface area contributed by atoms with Crippen LogP contribution in [0.5, 0.6) is 5.75 Å². The molecule has 0 radical (unpaired) electrons. The Morgan fingerprint density at radius 3 is 2.64 bits per heavy atom. The fourth-order valence-electron chi connectivity index (χ4n) is 2.60. The molecule has 0 bridgehead atoms. The van der Waals surface area contributed by atoms with Crippen LogP contribution in [-0.4, -0.2) is 18.2 Å². The number of carbonyl (C=O) groups is 2. The molecule has 2 aromatic rings. The highest BCUT2D eigenvalue weighted by Gasteiger charge is 2.32. The van der Waals surface area contributed by atoms with Gasteiger partial charge in [0.25, 0.3) is 0 Å². The lowest BCUT2D eigenvalue weighted by Gasteiger charge is -2.16. The van der Waals surface area contributed by atoms with Gasteiger partial charge < -0.3 is 9.64 Å². The van der Waals surface area contributed by atoms with E-state index in [9.17, 15) is 9.59 Å². The van der Waals surface area contributed by atoms with Gasteiger partial charge in [-0.05, 0) is 17.7 Å². The van der Waals surface area contributed by atoms with E-state index in [0.29, 0.717) is 30.0 Å². The lowest BCUT2D eigenvalue weighted by molar-refractivity contribution is -0.118. The normalized spacial score (nSPS) is 13.1. The Hall–Kier alpha value is -2.62. The third-order valence-electron chi connectivity index (χ3n) is 3.72. The molecule has 2 aromatic carbocycles. The Kier molecular flexibility index (Phi) is 3.92. The summed E-state index contributed by atoms with van der Waals surface area (Å²) < 4.78 is 5.81. The number of benzene rings is 2. The summed E-state index contributed by atoms with van der Waals surface area (Å²) in [6, 6.07) is 15.2. The molecule has 0 unspecified atom stereocenters. The monoisotopic (exact) mass is 295 g/mol. The lowest BCUT2D eigenvalue weighted by Crippen LogP contribution is -2.29. The molecule has 4 nitrogen and oxygen atoms in total. The van der Waals surface area contributed by atoms with Gasteiger partial charge in [0.2, 0.25) is 5.91 Å². The number of anilines is 1.